The van der Waals surface area contributed by atoms with Crippen molar-refractivity contribution in [3.8, 4) is 0 Å². The van der Waals surface area contributed by atoms with Gasteiger partial charge in [-0.15, -0.1) is 0 Å². The number of aromatic nitrogens is 3. The largest absolute Gasteiger partial charge is 0.463 e. The highest BCUT2D eigenvalue weighted by Gasteiger charge is 2.56. The topological polar surface area (TPSA) is 85.7 Å². The van der Waals surface area contributed by atoms with E-state index in [1.165, 1.54) is 55.5 Å². The minimum absolute atomic E-state index is 0.109. The number of esters is 1. The molecule has 1 aliphatic carbocycles. The van der Waals surface area contributed by atoms with Crippen LogP contribution in [-0.2, 0) is 48.1 Å². The smallest absolute Gasteiger partial charge is 0.335 e. The predicted molar refractivity (Wildman–Crippen MR) is 194 cm³/mol. The fourth-order valence-corrected chi connectivity index (χ4v) is 9.26. The Morgan fingerprint density at radius 3 is 1.70 bits per heavy atom. The van der Waals surface area contributed by atoms with Crippen molar-refractivity contribution in [1.82, 2.24) is 20.3 Å². The number of fused-ring (bicyclic) bond motifs is 8. The maximum absolute atomic E-state index is 13.9. The Balaban J connectivity index is 1.79. The summed E-state index contributed by atoms with van der Waals surface area (Å²) in [5, 5.41) is 6.35. The normalized spacial score (nSPS) is 19.7. The number of allylic oxidation sites excluding steroid dienone is 4. The molecule has 1 saturated heterocycles. The molecule has 2 aliphatic heterocycles. The van der Waals surface area contributed by atoms with Gasteiger partial charge in [0.05, 0.1) is 23.3 Å². The molecule has 6 heteroatoms. The average molecular weight is 635 g/mol. The molecule has 1 fully saturated rings. The van der Waals surface area contributed by atoms with Crippen molar-refractivity contribution in [2.75, 3.05) is 6.61 Å². The van der Waals surface area contributed by atoms with Crippen molar-refractivity contribution in [2.45, 2.75) is 114 Å². The van der Waals surface area contributed by atoms with Crippen molar-refractivity contribution >= 4 is 29.8 Å². The second kappa shape index (κ2) is 12.9. The number of rotatable bonds is 10. The number of carbonyl (C=O) groups excluding carboxylic acids is 1. The number of H-pyrrole nitrogens is 3. The van der Waals surface area contributed by atoms with Crippen LogP contribution >= 0.6 is 0 Å². The molecule has 250 valence electrons. The molecule has 0 saturated carbocycles. The van der Waals surface area contributed by atoms with Gasteiger partial charge in [-0.25, -0.2) is 4.79 Å². The molecule has 0 amide bonds. The Hall–Kier alpha value is -3.93. The summed E-state index contributed by atoms with van der Waals surface area (Å²) in [4.78, 5) is 25.6. The van der Waals surface area contributed by atoms with Crippen molar-refractivity contribution in [3.63, 3.8) is 0 Å². The third-order valence-corrected chi connectivity index (χ3v) is 11.3. The predicted octanol–water partition coefficient (Wildman–Crippen LogP) is 7.30. The SMILES string of the molecule is CCOC(=O)C1=CC2=C3NC(=Cc4[nH]c(c(CC)c4CC)C=c4[nH]c(c(CC)c4CC)=Cc4[nH]c2c(CC)c4CC)C(CC)C13CC. The Bertz CT molecular complexity index is 1940. The summed E-state index contributed by atoms with van der Waals surface area (Å²) in [5.74, 6) is -0.0966. The highest BCUT2D eigenvalue weighted by Crippen LogP contribution is 2.60. The number of ether oxygens (including phenoxy) is 1. The first-order valence-corrected chi connectivity index (χ1v) is 18.3. The molecular weight excluding hydrogens is 580 g/mol. The molecular formula is C41H54N4O2. The van der Waals surface area contributed by atoms with Crippen molar-refractivity contribution in [2.24, 2.45) is 11.3 Å². The Labute approximate surface area is 280 Å². The van der Waals surface area contributed by atoms with Gasteiger partial charge in [-0.1, -0.05) is 55.4 Å². The molecule has 3 aromatic heterocycles. The van der Waals surface area contributed by atoms with Crippen LogP contribution in [0.2, 0.25) is 0 Å². The van der Waals surface area contributed by atoms with E-state index < -0.39 is 5.41 Å². The minimum atomic E-state index is -0.483. The van der Waals surface area contributed by atoms with Gasteiger partial charge in [-0.3, -0.25) is 0 Å². The zero-order chi connectivity index (χ0) is 33.6. The molecule has 2 atom stereocenters. The van der Waals surface area contributed by atoms with Crippen LogP contribution in [0.1, 0.15) is 131 Å². The summed E-state index contributed by atoms with van der Waals surface area (Å²) in [6, 6.07) is 0. The average Bonchev–Trinajstić information content (AvgIpc) is 3.84. The Morgan fingerprint density at radius 2 is 1.19 bits per heavy atom. The van der Waals surface area contributed by atoms with E-state index in [0.29, 0.717) is 6.61 Å². The fourth-order valence-electron chi connectivity index (χ4n) is 9.26. The first-order valence-electron chi connectivity index (χ1n) is 18.3. The maximum Gasteiger partial charge on any atom is 0.335 e. The molecule has 3 aromatic rings. The second-order valence-corrected chi connectivity index (χ2v) is 13.2. The van der Waals surface area contributed by atoms with Crippen molar-refractivity contribution in [1.29, 1.82) is 0 Å². The highest BCUT2D eigenvalue weighted by atomic mass is 16.5. The van der Waals surface area contributed by atoms with Crippen LogP contribution < -0.4 is 16.0 Å². The van der Waals surface area contributed by atoms with Gasteiger partial charge in [0.2, 0.25) is 0 Å². The molecule has 5 heterocycles. The van der Waals surface area contributed by atoms with E-state index in [0.717, 1.165) is 85.3 Å². The van der Waals surface area contributed by atoms with E-state index in [1.54, 1.807) is 0 Å². The fraction of sp³-hybridized carbons (Fsp3) is 0.488. The van der Waals surface area contributed by atoms with Crippen LogP contribution in [0, 0.1) is 11.3 Å². The van der Waals surface area contributed by atoms with Gasteiger partial charge >= 0.3 is 5.97 Å². The lowest BCUT2D eigenvalue weighted by atomic mass is 9.68. The quantitative estimate of drug-likeness (QED) is 0.177. The van der Waals surface area contributed by atoms with Crippen LogP contribution in [0.5, 0.6) is 0 Å². The van der Waals surface area contributed by atoms with E-state index in [4.69, 9.17) is 4.74 Å². The first kappa shape index (κ1) is 33.0. The highest BCUT2D eigenvalue weighted by molar-refractivity contribution is 6.00. The van der Waals surface area contributed by atoms with Crippen LogP contribution in [0.4, 0.5) is 0 Å². The van der Waals surface area contributed by atoms with E-state index in [9.17, 15) is 4.79 Å². The molecule has 6 rings (SSSR count). The lowest BCUT2D eigenvalue weighted by molar-refractivity contribution is -0.139. The summed E-state index contributed by atoms with van der Waals surface area (Å²) >= 11 is 0. The van der Waals surface area contributed by atoms with E-state index in [1.807, 2.05) is 6.92 Å². The standard InChI is InChI=1S/C41H54N4O2/c1-10-23-24(11-2)34-21-36-27(14-5)28(15-6)38(44-36)29-19-31(40(46)47-18-9)41(17-8)30(16-7)37(45-39(29)41)22-35-26(13-4)25(12-3)33(43-35)20-32(23)42-34/h19-22,30,42-45H,10-18H2,1-9H3. The molecule has 0 aromatic carbocycles. The summed E-state index contributed by atoms with van der Waals surface area (Å²) in [6.07, 6.45) is 16.5. The summed E-state index contributed by atoms with van der Waals surface area (Å²) in [6.45, 7) is 20.3. The lowest BCUT2D eigenvalue weighted by Crippen LogP contribution is -2.32. The third kappa shape index (κ3) is 4.85. The Kier molecular flexibility index (Phi) is 9.08. The summed E-state index contributed by atoms with van der Waals surface area (Å²) in [7, 11) is 0. The number of carbonyl (C=O) groups is 1. The third-order valence-electron chi connectivity index (χ3n) is 11.3. The van der Waals surface area contributed by atoms with E-state index >= 15 is 0 Å². The molecule has 0 spiro atoms. The molecule has 2 unspecified atom stereocenters. The number of hydrogen-bond acceptors (Lipinski definition) is 3. The van der Waals surface area contributed by atoms with Gasteiger partial charge in [0.25, 0.3) is 0 Å². The van der Waals surface area contributed by atoms with Gasteiger partial charge < -0.3 is 25.0 Å². The zero-order valence-corrected chi connectivity index (χ0v) is 30.1. The summed E-state index contributed by atoms with van der Waals surface area (Å²) < 4.78 is 5.78. The van der Waals surface area contributed by atoms with Crippen LogP contribution in [-0.4, -0.2) is 27.5 Å². The Morgan fingerprint density at radius 1 is 0.660 bits per heavy atom. The molecule has 47 heavy (non-hydrogen) atoms. The lowest BCUT2D eigenvalue weighted by Gasteiger charge is -2.33. The van der Waals surface area contributed by atoms with E-state index in [2.05, 4.69) is 100.0 Å². The molecule has 3 aliphatic rings. The molecule has 8 bridgehead atoms. The van der Waals surface area contributed by atoms with Crippen LogP contribution in [0.15, 0.2) is 23.0 Å². The maximum atomic E-state index is 13.9. The molecule has 4 N–H and O–H groups in total. The zero-order valence-electron chi connectivity index (χ0n) is 30.1. The van der Waals surface area contributed by atoms with Gasteiger partial charge in [-0.05, 0) is 116 Å². The van der Waals surface area contributed by atoms with Crippen LogP contribution in [0.25, 0.3) is 23.8 Å². The number of aromatic amines is 3. The van der Waals surface area contributed by atoms with Crippen molar-refractivity contribution < 1.29 is 9.53 Å². The van der Waals surface area contributed by atoms with Crippen molar-refractivity contribution in [3.05, 3.63) is 89.9 Å². The first-order chi connectivity index (χ1) is 22.8. The summed E-state index contributed by atoms with van der Waals surface area (Å²) in [5.41, 5.74) is 16.5. The second-order valence-electron chi connectivity index (χ2n) is 13.2. The van der Waals surface area contributed by atoms with Gasteiger partial charge in [0.1, 0.15) is 0 Å². The van der Waals surface area contributed by atoms with Crippen LogP contribution in [0.3, 0.4) is 0 Å². The minimum Gasteiger partial charge on any atom is -0.463 e. The van der Waals surface area contributed by atoms with Gasteiger partial charge in [0, 0.05) is 50.7 Å². The molecule has 6 nitrogen and oxygen atoms in total. The van der Waals surface area contributed by atoms with Gasteiger partial charge in [0.15, 0.2) is 0 Å². The number of nitrogens with one attached hydrogen (secondary N) is 4. The van der Waals surface area contributed by atoms with Gasteiger partial charge in [-0.2, -0.15) is 0 Å². The van der Waals surface area contributed by atoms with E-state index in [-0.39, 0.29) is 11.9 Å². The molecule has 0 radical (unpaired) electrons. The number of hydrogen-bond donors (Lipinski definition) is 4. The monoisotopic (exact) mass is 634 g/mol.